The summed E-state index contributed by atoms with van der Waals surface area (Å²) in [5.74, 6) is 0.929. The average molecular weight is 332 g/mol. The molecule has 0 aliphatic rings. The number of benzene rings is 2. The molecule has 2 aromatic rings. The fraction of sp³-hybridized carbons (Fsp3) is 0.167. The van der Waals surface area contributed by atoms with Gasteiger partial charge in [0.15, 0.2) is 6.10 Å². The summed E-state index contributed by atoms with van der Waals surface area (Å²) in [5.41, 5.74) is 0.663. The molecule has 0 aliphatic carbocycles. The molecule has 0 spiro atoms. The smallest absolute Gasteiger partial charge is 0.265 e. The van der Waals surface area contributed by atoms with Crippen molar-refractivity contribution in [2.75, 3.05) is 11.9 Å². The van der Waals surface area contributed by atoms with E-state index >= 15 is 0 Å². The minimum absolute atomic E-state index is 0.260. The Balaban J connectivity index is 1.93. The Hall–Kier alpha value is -2.46. The number of halogens is 1. The van der Waals surface area contributed by atoms with E-state index in [1.165, 1.54) is 0 Å². The lowest BCUT2D eigenvalue weighted by molar-refractivity contribution is -0.122. The second-order valence-corrected chi connectivity index (χ2v) is 5.21. The molecule has 120 valence electrons. The van der Waals surface area contributed by atoms with Gasteiger partial charge in [0.05, 0.1) is 5.02 Å². The largest absolute Gasteiger partial charge is 0.490 e. The normalized spacial score (nSPS) is 11.4. The Morgan fingerprint density at radius 1 is 1.26 bits per heavy atom. The van der Waals surface area contributed by atoms with Crippen LogP contribution < -0.4 is 14.8 Å². The molecule has 1 amide bonds. The molecule has 1 N–H and O–H groups in total. The summed E-state index contributed by atoms with van der Waals surface area (Å²) in [6.07, 6.45) is 0.996. The maximum absolute atomic E-state index is 12.2. The maximum atomic E-state index is 12.2. The van der Waals surface area contributed by atoms with Crippen LogP contribution in [-0.2, 0) is 4.79 Å². The van der Waals surface area contributed by atoms with Gasteiger partial charge >= 0.3 is 0 Å². The number of amides is 1. The first-order valence-corrected chi connectivity index (χ1v) is 7.53. The van der Waals surface area contributed by atoms with Gasteiger partial charge in [0.25, 0.3) is 5.91 Å². The summed E-state index contributed by atoms with van der Waals surface area (Å²) in [6.45, 7) is 5.69. The van der Waals surface area contributed by atoms with Gasteiger partial charge in [0.1, 0.15) is 18.1 Å². The highest BCUT2D eigenvalue weighted by atomic mass is 35.5. The number of hydrogen-bond donors (Lipinski definition) is 1. The minimum atomic E-state index is -0.674. The van der Waals surface area contributed by atoms with Crippen molar-refractivity contribution in [2.24, 2.45) is 0 Å². The lowest BCUT2D eigenvalue weighted by atomic mass is 10.2. The van der Waals surface area contributed by atoms with Gasteiger partial charge in [0.2, 0.25) is 0 Å². The van der Waals surface area contributed by atoms with Crippen LogP contribution in [0.15, 0.2) is 61.2 Å². The number of ether oxygens (including phenoxy) is 2. The third kappa shape index (κ3) is 5.04. The molecule has 5 heteroatoms. The highest BCUT2D eigenvalue weighted by Crippen LogP contribution is 2.24. The minimum Gasteiger partial charge on any atom is -0.490 e. The molecule has 0 saturated heterocycles. The Morgan fingerprint density at radius 2 is 1.96 bits per heavy atom. The third-order valence-corrected chi connectivity index (χ3v) is 3.31. The zero-order valence-electron chi connectivity index (χ0n) is 12.8. The van der Waals surface area contributed by atoms with E-state index in [2.05, 4.69) is 11.9 Å². The average Bonchev–Trinajstić information content (AvgIpc) is 2.56. The molecule has 0 bridgehead atoms. The number of para-hydroxylation sites is 1. The summed E-state index contributed by atoms with van der Waals surface area (Å²) < 4.78 is 11.0. The molecule has 23 heavy (non-hydrogen) atoms. The Morgan fingerprint density at radius 3 is 2.61 bits per heavy atom. The fourth-order valence-corrected chi connectivity index (χ4v) is 2.00. The van der Waals surface area contributed by atoms with Crippen molar-refractivity contribution in [3.05, 3.63) is 66.2 Å². The van der Waals surface area contributed by atoms with Gasteiger partial charge in [0, 0.05) is 5.69 Å². The van der Waals surface area contributed by atoms with E-state index in [9.17, 15) is 4.79 Å². The van der Waals surface area contributed by atoms with Crippen molar-refractivity contribution in [3.8, 4) is 11.5 Å². The number of rotatable bonds is 7. The van der Waals surface area contributed by atoms with E-state index in [4.69, 9.17) is 21.1 Å². The number of carbonyl (C=O) groups excluding carboxylic acids is 1. The topological polar surface area (TPSA) is 47.6 Å². The fourth-order valence-electron chi connectivity index (χ4n) is 1.82. The van der Waals surface area contributed by atoms with Gasteiger partial charge < -0.3 is 14.8 Å². The molecule has 1 atom stereocenters. The monoisotopic (exact) mass is 331 g/mol. The van der Waals surface area contributed by atoms with Gasteiger partial charge in [-0.05, 0) is 43.3 Å². The van der Waals surface area contributed by atoms with Crippen LogP contribution >= 0.6 is 11.6 Å². The summed E-state index contributed by atoms with van der Waals surface area (Å²) in [6, 6.07) is 14.1. The van der Waals surface area contributed by atoms with Crippen molar-refractivity contribution in [1.29, 1.82) is 0 Å². The van der Waals surface area contributed by atoms with Crippen LogP contribution in [0.3, 0.4) is 0 Å². The molecule has 2 rings (SSSR count). The standard InChI is InChI=1S/C18H18ClNO3/c1-3-12-22-15-10-8-14(9-11-15)20-18(21)13(2)23-17-7-5-4-6-16(17)19/h3-11,13H,1,12H2,2H3,(H,20,21)/t13-/m1/s1. The van der Waals surface area contributed by atoms with Crippen LogP contribution in [0.2, 0.25) is 5.02 Å². The van der Waals surface area contributed by atoms with Gasteiger partial charge in [-0.15, -0.1) is 0 Å². The zero-order valence-corrected chi connectivity index (χ0v) is 13.5. The maximum Gasteiger partial charge on any atom is 0.265 e. The van der Waals surface area contributed by atoms with Gasteiger partial charge in [-0.25, -0.2) is 0 Å². The number of anilines is 1. The molecular weight excluding hydrogens is 314 g/mol. The first kappa shape index (κ1) is 16.9. The molecule has 0 heterocycles. The highest BCUT2D eigenvalue weighted by Gasteiger charge is 2.16. The van der Waals surface area contributed by atoms with Crippen LogP contribution in [0, 0.1) is 0 Å². The number of nitrogens with one attached hydrogen (secondary N) is 1. The van der Waals surface area contributed by atoms with Gasteiger partial charge in [-0.1, -0.05) is 36.4 Å². The van der Waals surface area contributed by atoms with E-state index in [1.54, 1.807) is 61.5 Å². The number of carbonyl (C=O) groups is 1. The Kier molecular flexibility index (Phi) is 6.06. The van der Waals surface area contributed by atoms with Crippen molar-refractivity contribution in [3.63, 3.8) is 0 Å². The Labute approximate surface area is 140 Å². The summed E-state index contributed by atoms with van der Waals surface area (Å²) >= 11 is 6.01. The molecule has 0 saturated carbocycles. The zero-order chi connectivity index (χ0) is 16.7. The van der Waals surface area contributed by atoms with E-state index in [1.807, 2.05) is 0 Å². The molecule has 0 radical (unpaired) electrons. The highest BCUT2D eigenvalue weighted by molar-refractivity contribution is 6.32. The quantitative estimate of drug-likeness (QED) is 0.769. The van der Waals surface area contributed by atoms with Crippen LogP contribution in [0.4, 0.5) is 5.69 Å². The molecule has 0 fully saturated rings. The lowest BCUT2D eigenvalue weighted by Crippen LogP contribution is -2.30. The van der Waals surface area contributed by atoms with Crippen LogP contribution in [0.1, 0.15) is 6.92 Å². The van der Waals surface area contributed by atoms with Gasteiger partial charge in [-0.3, -0.25) is 4.79 Å². The van der Waals surface area contributed by atoms with Crippen molar-refractivity contribution >= 4 is 23.2 Å². The number of hydrogen-bond acceptors (Lipinski definition) is 3. The summed E-state index contributed by atoms with van der Waals surface area (Å²) in [5, 5.41) is 3.25. The van der Waals surface area contributed by atoms with E-state index < -0.39 is 6.10 Å². The second-order valence-electron chi connectivity index (χ2n) is 4.80. The predicted molar refractivity (Wildman–Crippen MR) is 92.3 cm³/mol. The van der Waals surface area contributed by atoms with Gasteiger partial charge in [-0.2, -0.15) is 0 Å². The SMILES string of the molecule is C=CCOc1ccc(NC(=O)[C@@H](C)Oc2ccccc2Cl)cc1. The lowest BCUT2D eigenvalue weighted by Gasteiger charge is -2.15. The first-order chi connectivity index (χ1) is 11.1. The second kappa shape index (κ2) is 8.25. The van der Waals surface area contributed by atoms with E-state index in [0.717, 1.165) is 0 Å². The summed E-state index contributed by atoms with van der Waals surface area (Å²) in [4.78, 5) is 12.2. The molecule has 0 aromatic heterocycles. The van der Waals surface area contributed by atoms with Crippen molar-refractivity contribution in [1.82, 2.24) is 0 Å². The molecule has 0 aliphatic heterocycles. The molecular formula is C18H18ClNO3. The molecule has 2 aromatic carbocycles. The third-order valence-electron chi connectivity index (χ3n) is 3.00. The Bertz CT molecular complexity index is 670. The van der Waals surface area contributed by atoms with E-state index in [-0.39, 0.29) is 5.91 Å². The van der Waals surface area contributed by atoms with Crippen LogP contribution in [-0.4, -0.2) is 18.6 Å². The van der Waals surface area contributed by atoms with Crippen molar-refractivity contribution in [2.45, 2.75) is 13.0 Å². The molecule has 4 nitrogen and oxygen atoms in total. The predicted octanol–water partition coefficient (Wildman–Crippen LogP) is 4.31. The van der Waals surface area contributed by atoms with Crippen molar-refractivity contribution < 1.29 is 14.3 Å². The van der Waals surface area contributed by atoms with Crippen LogP contribution in [0.25, 0.3) is 0 Å². The van der Waals surface area contributed by atoms with Crippen LogP contribution in [0.5, 0.6) is 11.5 Å². The van der Waals surface area contributed by atoms with E-state index in [0.29, 0.717) is 28.8 Å². The first-order valence-electron chi connectivity index (χ1n) is 7.16. The summed E-state index contributed by atoms with van der Waals surface area (Å²) in [7, 11) is 0. The molecule has 0 unspecified atom stereocenters.